The number of likely N-dealkylation sites (N-methyl/N-ethyl adjacent to an activating group) is 1. The van der Waals surface area contributed by atoms with Gasteiger partial charge in [0.1, 0.15) is 0 Å². The van der Waals surface area contributed by atoms with Crippen LogP contribution in [0.3, 0.4) is 0 Å². The molecule has 17 heavy (non-hydrogen) atoms. The van der Waals surface area contributed by atoms with Gasteiger partial charge in [0.25, 0.3) is 0 Å². The van der Waals surface area contributed by atoms with E-state index >= 15 is 0 Å². The SMILES string of the molecule is CNC(C)(C)C(=O)NC1Cc2ccccc2C1. The van der Waals surface area contributed by atoms with Crippen molar-refractivity contribution in [2.24, 2.45) is 0 Å². The van der Waals surface area contributed by atoms with Gasteiger partial charge in [-0.1, -0.05) is 24.3 Å². The summed E-state index contributed by atoms with van der Waals surface area (Å²) in [5.74, 6) is 0.0674. The van der Waals surface area contributed by atoms with Crippen LogP contribution < -0.4 is 10.6 Å². The first kappa shape index (κ1) is 12.1. The van der Waals surface area contributed by atoms with Gasteiger partial charge in [0.05, 0.1) is 5.54 Å². The molecule has 0 unspecified atom stereocenters. The molecule has 0 aromatic heterocycles. The fraction of sp³-hybridized carbons (Fsp3) is 0.500. The minimum absolute atomic E-state index is 0.0674. The number of fused-ring (bicyclic) bond motifs is 1. The topological polar surface area (TPSA) is 41.1 Å². The van der Waals surface area contributed by atoms with Gasteiger partial charge in [0.15, 0.2) is 0 Å². The third-order valence-electron chi connectivity index (χ3n) is 3.58. The van der Waals surface area contributed by atoms with Crippen LogP contribution in [0.15, 0.2) is 24.3 Å². The Morgan fingerprint density at radius 1 is 1.24 bits per heavy atom. The predicted octanol–water partition coefficient (Wildman–Crippen LogP) is 1.27. The van der Waals surface area contributed by atoms with Crippen molar-refractivity contribution in [1.82, 2.24) is 10.6 Å². The molecule has 0 saturated carbocycles. The summed E-state index contributed by atoms with van der Waals surface area (Å²) in [7, 11) is 1.81. The average Bonchev–Trinajstić information content (AvgIpc) is 2.70. The van der Waals surface area contributed by atoms with Crippen molar-refractivity contribution in [1.29, 1.82) is 0 Å². The van der Waals surface area contributed by atoms with Crippen molar-refractivity contribution in [2.75, 3.05) is 7.05 Å². The lowest BCUT2D eigenvalue weighted by molar-refractivity contribution is -0.126. The molecule has 92 valence electrons. The largest absolute Gasteiger partial charge is 0.351 e. The van der Waals surface area contributed by atoms with E-state index < -0.39 is 5.54 Å². The fourth-order valence-corrected chi connectivity index (χ4v) is 2.14. The van der Waals surface area contributed by atoms with Crippen LogP contribution in [0, 0.1) is 0 Å². The van der Waals surface area contributed by atoms with Crippen molar-refractivity contribution in [3.63, 3.8) is 0 Å². The molecule has 0 heterocycles. The molecule has 2 rings (SSSR count). The van der Waals surface area contributed by atoms with Gasteiger partial charge >= 0.3 is 0 Å². The van der Waals surface area contributed by atoms with E-state index in [1.165, 1.54) is 11.1 Å². The first-order chi connectivity index (χ1) is 8.03. The Kier molecular flexibility index (Phi) is 3.20. The van der Waals surface area contributed by atoms with Crippen LogP contribution in [0.4, 0.5) is 0 Å². The molecule has 0 bridgehead atoms. The van der Waals surface area contributed by atoms with Crippen molar-refractivity contribution in [3.05, 3.63) is 35.4 Å². The molecule has 1 aromatic rings. The van der Waals surface area contributed by atoms with Crippen LogP contribution in [0.25, 0.3) is 0 Å². The van der Waals surface area contributed by atoms with E-state index in [-0.39, 0.29) is 11.9 Å². The second-order valence-corrected chi connectivity index (χ2v) is 5.22. The van der Waals surface area contributed by atoms with Crippen molar-refractivity contribution < 1.29 is 4.79 Å². The Morgan fingerprint density at radius 3 is 2.24 bits per heavy atom. The zero-order chi connectivity index (χ0) is 12.5. The summed E-state index contributed by atoms with van der Waals surface area (Å²) in [6.07, 6.45) is 1.89. The monoisotopic (exact) mass is 232 g/mol. The molecule has 0 atom stereocenters. The first-order valence-electron chi connectivity index (χ1n) is 6.09. The molecule has 2 N–H and O–H groups in total. The van der Waals surface area contributed by atoms with Gasteiger partial charge in [-0.05, 0) is 44.9 Å². The molecule has 1 aromatic carbocycles. The number of amides is 1. The Morgan fingerprint density at radius 2 is 1.76 bits per heavy atom. The van der Waals surface area contributed by atoms with Gasteiger partial charge in [-0.2, -0.15) is 0 Å². The average molecular weight is 232 g/mol. The molecule has 1 aliphatic carbocycles. The van der Waals surface area contributed by atoms with E-state index in [0.29, 0.717) is 0 Å². The number of nitrogens with one attached hydrogen (secondary N) is 2. The van der Waals surface area contributed by atoms with Crippen LogP contribution >= 0.6 is 0 Å². The quantitative estimate of drug-likeness (QED) is 0.824. The Labute approximate surface area is 103 Å². The Bertz CT molecular complexity index is 401. The third kappa shape index (κ3) is 2.50. The van der Waals surface area contributed by atoms with E-state index in [1.807, 2.05) is 20.9 Å². The molecular formula is C14H20N2O. The highest BCUT2D eigenvalue weighted by molar-refractivity contribution is 5.85. The molecule has 0 spiro atoms. The fourth-order valence-electron chi connectivity index (χ4n) is 2.14. The lowest BCUT2D eigenvalue weighted by atomic mass is 10.0. The van der Waals surface area contributed by atoms with E-state index in [2.05, 4.69) is 34.9 Å². The van der Waals surface area contributed by atoms with Crippen molar-refractivity contribution in [2.45, 2.75) is 38.3 Å². The molecule has 1 aliphatic rings. The summed E-state index contributed by atoms with van der Waals surface area (Å²) in [5.41, 5.74) is 2.22. The van der Waals surface area contributed by atoms with Crippen LogP contribution in [0.1, 0.15) is 25.0 Å². The lowest BCUT2D eigenvalue weighted by Gasteiger charge is -2.25. The molecular weight excluding hydrogens is 212 g/mol. The summed E-state index contributed by atoms with van der Waals surface area (Å²) in [6.45, 7) is 3.79. The third-order valence-corrected chi connectivity index (χ3v) is 3.58. The smallest absolute Gasteiger partial charge is 0.239 e. The highest BCUT2D eigenvalue weighted by atomic mass is 16.2. The highest BCUT2D eigenvalue weighted by Crippen LogP contribution is 2.21. The predicted molar refractivity (Wildman–Crippen MR) is 68.9 cm³/mol. The number of carbonyl (C=O) groups is 1. The Balaban J connectivity index is 1.99. The maximum Gasteiger partial charge on any atom is 0.239 e. The maximum absolute atomic E-state index is 12.0. The number of hydrogen-bond donors (Lipinski definition) is 2. The molecule has 3 nitrogen and oxygen atoms in total. The zero-order valence-electron chi connectivity index (χ0n) is 10.7. The number of rotatable bonds is 3. The van der Waals surface area contributed by atoms with Crippen LogP contribution in [0.5, 0.6) is 0 Å². The van der Waals surface area contributed by atoms with E-state index in [4.69, 9.17) is 0 Å². The second-order valence-electron chi connectivity index (χ2n) is 5.22. The number of benzene rings is 1. The van der Waals surface area contributed by atoms with Crippen LogP contribution in [-0.4, -0.2) is 24.5 Å². The van der Waals surface area contributed by atoms with Gasteiger partial charge in [-0.25, -0.2) is 0 Å². The standard InChI is InChI=1S/C14H20N2O/c1-14(2,15-3)13(17)16-12-8-10-6-4-5-7-11(10)9-12/h4-7,12,15H,8-9H2,1-3H3,(H,16,17). The molecule has 0 aliphatic heterocycles. The summed E-state index contributed by atoms with van der Waals surface area (Å²) in [6, 6.07) is 8.64. The summed E-state index contributed by atoms with van der Waals surface area (Å²) in [4.78, 5) is 12.0. The normalized spacial score (nSPS) is 15.7. The van der Waals surface area contributed by atoms with Gasteiger partial charge in [0, 0.05) is 6.04 Å². The summed E-state index contributed by atoms with van der Waals surface area (Å²) >= 11 is 0. The van der Waals surface area contributed by atoms with Crippen molar-refractivity contribution in [3.8, 4) is 0 Å². The second kappa shape index (κ2) is 4.49. The molecule has 1 amide bonds. The van der Waals surface area contributed by atoms with Gasteiger partial charge in [-0.15, -0.1) is 0 Å². The number of hydrogen-bond acceptors (Lipinski definition) is 2. The number of carbonyl (C=O) groups excluding carboxylic acids is 1. The first-order valence-corrected chi connectivity index (χ1v) is 6.09. The van der Waals surface area contributed by atoms with Crippen molar-refractivity contribution >= 4 is 5.91 Å². The van der Waals surface area contributed by atoms with E-state index in [0.717, 1.165) is 12.8 Å². The zero-order valence-corrected chi connectivity index (χ0v) is 10.7. The summed E-state index contributed by atoms with van der Waals surface area (Å²) < 4.78 is 0. The molecule has 3 heteroatoms. The Hall–Kier alpha value is -1.35. The lowest BCUT2D eigenvalue weighted by Crippen LogP contribution is -2.53. The van der Waals surface area contributed by atoms with Gasteiger partial charge in [-0.3, -0.25) is 4.79 Å². The van der Waals surface area contributed by atoms with Gasteiger partial charge in [0.2, 0.25) is 5.91 Å². The highest BCUT2D eigenvalue weighted by Gasteiger charge is 2.29. The van der Waals surface area contributed by atoms with Crippen LogP contribution in [-0.2, 0) is 17.6 Å². The minimum Gasteiger partial charge on any atom is -0.351 e. The molecule has 0 radical (unpaired) electrons. The maximum atomic E-state index is 12.0. The molecule has 0 fully saturated rings. The molecule has 0 saturated heterocycles. The van der Waals surface area contributed by atoms with E-state index in [9.17, 15) is 4.79 Å². The van der Waals surface area contributed by atoms with Gasteiger partial charge < -0.3 is 10.6 Å². The summed E-state index contributed by atoms with van der Waals surface area (Å²) in [5, 5.41) is 6.14. The van der Waals surface area contributed by atoms with Crippen LogP contribution in [0.2, 0.25) is 0 Å². The van der Waals surface area contributed by atoms with E-state index in [1.54, 1.807) is 0 Å². The minimum atomic E-state index is -0.505.